The van der Waals surface area contributed by atoms with E-state index in [0.717, 1.165) is 18.4 Å². The van der Waals surface area contributed by atoms with Gasteiger partial charge in [0.05, 0.1) is 13.4 Å². The molecule has 1 aromatic carbocycles. The Morgan fingerprint density at radius 3 is 2.56 bits per heavy atom. The second-order valence-corrected chi connectivity index (χ2v) is 5.37. The van der Waals surface area contributed by atoms with Crippen molar-refractivity contribution in [1.82, 2.24) is 10.6 Å². The largest absolute Gasteiger partial charge is 0.497 e. The molecular weight excluding hydrogens is 320 g/mol. The van der Waals surface area contributed by atoms with Crippen molar-refractivity contribution in [1.29, 1.82) is 0 Å². The molecule has 2 N–H and O–H groups in total. The molecule has 1 heterocycles. The second-order valence-electron chi connectivity index (χ2n) is 5.37. The molecule has 0 spiro atoms. The molecule has 0 unspecified atom stereocenters. The molecule has 0 saturated heterocycles. The smallest absolute Gasteiger partial charge is 0.291 e. The van der Waals surface area contributed by atoms with E-state index in [2.05, 4.69) is 10.6 Å². The van der Waals surface area contributed by atoms with E-state index < -0.39 is 5.91 Å². The summed E-state index contributed by atoms with van der Waals surface area (Å²) in [6, 6.07) is 10.3. The quantitative estimate of drug-likeness (QED) is 0.571. The Hall–Kier alpha value is -3.02. The maximum atomic E-state index is 12.4. The average Bonchev–Trinajstić information content (AvgIpc) is 3.16. The lowest BCUT2D eigenvalue weighted by Gasteiger charge is -2.10. The van der Waals surface area contributed by atoms with Crippen LogP contribution in [0, 0.1) is 0 Å². The van der Waals surface area contributed by atoms with Crippen molar-refractivity contribution >= 4 is 17.9 Å². The summed E-state index contributed by atoms with van der Waals surface area (Å²) in [6.07, 6.45) is 4.86. The lowest BCUT2D eigenvalue weighted by molar-refractivity contribution is -0.117. The molecule has 6 nitrogen and oxygen atoms in total. The number of rotatable bonds is 8. The Kier molecular flexibility index (Phi) is 6.83. The van der Waals surface area contributed by atoms with Crippen LogP contribution in [-0.4, -0.2) is 25.5 Å². The van der Waals surface area contributed by atoms with Crippen molar-refractivity contribution in [2.45, 2.75) is 19.8 Å². The zero-order chi connectivity index (χ0) is 18.1. The SMILES string of the molecule is CCCCNC(=O)/C(=C\c1ccc(OC)cc1)NC(=O)c1ccco1. The minimum atomic E-state index is -0.476. The number of hydrogen-bond acceptors (Lipinski definition) is 4. The highest BCUT2D eigenvalue weighted by Gasteiger charge is 2.16. The van der Waals surface area contributed by atoms with Crippen LogP contribution in [0.1, 0.15) is 35.9 Å². The standard InChI is InChI=1S/C19H22N2O4/c1-3-4-11-20-18(22)16(21-19(23)17-6-5-12-25-17)13-14-7-9-15(24-2)10-8-14/h5-10,12-13H,3-4,11H2,1-2H3,(H,20,22)(H,21,23)/b16-13+. The van der Waals surface area contributed by atoms with Crippen LogP contribution in [0.4, 0.5) is 0 Å². The molecule has 1 aromatic heterocycles. The second kappa shape index (κ2) is 9.32. The molecule has 6 heteroatoms. The van der Waals surface area contributed by atoms with Gasteiger partial charge in [-0.05, 0) is 42.3 Å². The molecule has 0 bridgehead atoms. The molecule has 0 atom stereocenters. The summed E-state index contributed by atoms with van der Waals surface area (Å²) in [5.41, 5.74) is 0.920. The van der Waals surface area contributed by atoms with Gasteiger partial charge in [-0.2, -0.15) is 0 Å². The zero-order valence-corrected chi connectivity index (χ0v) is 14.4. The maximum absolute atomic E-state index is 12.4. The lowest BCUT2D eigenvalue weighted by Crippen LogP contribution is -2.35. The van der Waals surface area contributed by atoms with E-state index in [4.69, 9.17) is 9.15 Å². The van der Waals surface area contributed by atoms with Crippen LogP contribution < -0.4 is 15.4 Å². The Labute approximate surface area is 146 Å². The van der Waals surface area contributed by atoms with Gasteiger partial charge < -0.3 is 19.8 Å². The molecule has 25 heavy (non-hydrogen) atoms. The summed E-state index contributed by atoms with van der Waals surface area (Å²) >= 11 is 0. The van der Waals surface area contributed by atoms with Gasteiger partial charge in [0.1, 0.15) is 11.4 Å². The van der Waals surface area contributed by atoms with E-state index in [1.54, 1.807) is 43.5 Å². The molecule has 2 rings (SSSR count). The number of nitrogens with one attached hydrogen (secondary N) is 2. The van der Waals surface area contributed by atoms with Crippen LogP contribution in [0.25, 0.3) is 6.08 Å². The van der Waals surface area contributed by atoms with Crippen LogP contribution in [0.3, 0.4) is 0 Å². The minimum absolute atomic E-state index is 0.141. The van der Waals surface area contributed by atoms with Gasteiger partial charge in [0.25, 0.3) is 11.8 Å². The van der Waals surface area contributed by atoms with E-state index in [9.17, 15) is 9.59 Å². The van der Waals surface area contributed by atoms with Crippen LogP contribution in [0.5, 0.6) is 5.75 Å². The van der Waals surface area contributed by atoms with E-state index >= 15 is 0 Å². The first-order valence-electron chi connectivity index (χ1n) is 8.13. The predicted molar refractivity (Wildman–Crippen MR) is 95.1 cm³/mol. The third-order valence-corrected chi connectivity index (χ3v) is 3.48. The van der Waals surface area contributed by atoms with Gasteiger partial charge >= 0.3 is 0 Å². The molecule has 0 aliphatic rings. The highest BCUT2D eigenvalue weighted by molar-refractivity contribution is 6.04. The molecule has 0 aliphatic carbocycles. The fourth-order valence-electron chi connectivity index (χ4n) is 2.09. The maximum Gasteiger partial charge on any atom is 0.291 e. The highest BCUT2D eigenvalue weighted by Crippen LogP contribution is 2.14. The third-order valence-electron chi connectivity index (χ3n) is 3.48. The summed E-state index contributed by atoms with van der Waals surface area (Å²) in [4.78, 5) is 24.6. The van der Waals surface area contributed by atoms with Crippen molar-refractivity contribution in [2.75, 3.05) is 13.7 Å². The van der Waals surface area contributed by atoms with Crippen molar-refractivity contribution < 1.29 is 18.7 Å². The van der Waals surface area contributed by atoms with Crippen LogP contribution in [-0.2, 0) is 4.79 Å². The summed E-state index contributed by atoms with van der Waals surface area (Å²) in [6.45, 7) is 2.59. The fraction of sp³-hybridized carbons (Fsp3) is 0.263. The Balaban J connectivity index is 2.18. The van der Waals surface area contributed by atoms with Crippen molar-refractivity contribution in [2.24, 2.45) is 0 Å². The fourth-order valence-corrected chi connectivity index (χ4v) is 2.09. The molecule has 132 valence electrons. The van der Waals surface area contributed by atoms with Gasteiger partial charge in [-0.25, -0.2) is 0 Å². The number of furan rings is 1. The molecular formula is C19H22N2O4. The third kappa shape index (κ3) is 5.53. The van der Waals surface area contributed by atoms with Crippen molar-refractivity contribution in [3.8, 4) is 5.75 Å². The summed E-state index contributed by atoms with van der Waals surface area (Å²) in [5, 5.41) is 5.41. The topological polar surface area (TPSA) is 80.6 Å². The normalized spacial score (nSPS) is 11.0. The number of amides is 2. The number of carbonyl (C=O) groups excluding carboxylic acids is 2. The predicted octanol–water partition coefficient (Wildman–Crippen LogP) is 2.98. The first-order valence-corrected chi connectivity index (χ1v) is 8.13. The van der Waals surface area contributed by atoms with Gasteiger partial charge in [-0.15, -0.1) is 0 Å². The molecule has 0 aliphatic heterocycles. The van der Waals surface area contributed by atoms with Gasteiger partial charge in [0.15, 0.2) is 5.76 Å². The van der Waals surface area contributed by atoms with Crippen LogP contribution in [0.2, 0.25) is 0 Å². The Morgan fingerprint density at radius 2 is 1.96 bits per heavy atom. The average molecular weight is 342 g/mol. The molecule has 2 aromatic rings. The van der Waals surface area contributed by atoms with E-state index in [-0.39, 0.29) is 17.4 Å². The summed E-state index contributed by atoms with van der Waals surface area (Å²) in [7, 11) is 1.58. The van der Waals surface area contributed by atoms with Crippen LogP contribution in [0.15, 0.2) is 52.8 Å². The van der Waals surface area contributed by atoms with Gasteiger partial charge in [0.2, 0.25) is 0 Å². The first kappa shape index (κ1) is 18.3. The Bertz CT molecular complexity index is 718. The van der Waals surface area contributed by atoms with Gasteiger partial charge in [-0.3, -0.25) is 9.59 Å². The van der Waals surface area contributed by atoms with Crippen LogP contribution >= 0.6 is 0 Å². The first-order chi connectivity index (χ1) is 12.1. The van der Waals surface area contributed by atoms with Gasteiger partial charge in [0, 0.05) is 6.54 Å². The van der Waals surface area contributed by atoms with Crippen molar-refractivity contribution in [3.63, 3.8) is 0 Å². The zero-order valence-electron chi connectivity index (χ0n) is 14.4. The monoisotopic (exact) mass is 342 g/mol. The number of hydrogen-bond donors (Lipinski definition) is 2. The molecule has 0 radical (unpaired) electrons. The Morgan fingerprint density at radius 1 is 1.20 bits per heavy atom. The van der Waals surface area contributed by atoms with Crippen molar-refractivity contribution in [3.05, 3.63) is 59.7 Å². The summed E-state index contributed by atoms with van der Waals surface area (Å²) < 4.78 is 10.2. The molecule has 0 fully saturated rings. The summed E-state index contributed by atoms with van der Waals surface area (Å²) in [5.74, 6) is 0.0345. The number of unbranched alkanes of at least 4 members (excludes halogenated alkanes) is 1. The van der Waals surface area contributed by atoms with E-state index in [0.29, 0.717) is 12.3 Å². The molecule has 0 saturated carbocycles. The minimum Gasteiger partial charge on any atom is -0.497 e. The van der Waals surface area contributed by atoms with Gasteiger partial charge in [-0.1, -0.05) is 25.5 Å². The highest BCUT2D eigenvalue weighted by atomic mass is 16.5. The number of carbonyl (C=O) groups is 2. The number of methoxy groups -OCH3 is 1. The molecule has 2 amide bonds. The van der Waals surface area contributed by atoms with E-state index in [1.807, 2.05) is 6.92 Å². The van der Waals surface area contributed by atoms with E-state index in [1.165, 1.54) is 12.3 Å². The lowest BCUT2D eigenvalue weighted by atomic mass is 10.1. The number of ether oxygens (including phenoxy) is 1. The number of benzene rings is 1.